The topological polar surface area (TPSA) is 70.2 Å². The van der Waals surface area contributed by atoms with Crippen LogP contribution in [0.4, 0.5) is 5.95 Å². The summed E-state index contributed by atoms with van der Waals surface area (Å²) in [6.07, 6.45) is 6.48. The van der Waals surface area contributed by atoms with Crippen molar-refractivity contribution in [3.8, 4) is 10.6 Å². The van der Waals surface area contributed by atoms with E-state index in [0.29, 0.717) is 12.0 Å². The number of benzene rings is 1. The van der Waals surface area contributed by atoms with Crippen LogP contribution in [0.3, 0.4) is 0 Å². The summed E-state index contributed by atoms with van der Waals surface area (Å²) >= 11 is 1.68. The van der Waals surface area contributed by atoms with Crippen molar-refractivity contribution in [3.63, 3.8) is 0 Å². The summed E-state index contributed by atoms with van der Waals surface area (Å²) < 4.78 is 1.11. The molecule has 1 saturated carbocycles. The van der Waals surface area contributed by atoms with Crippen LogP contribution in [-0.2, 0) is 0 Å². The number of carbonyl (C=O) groups is 1. The van der Waals surface area contributed by atoms with Gasteiger partial charge in [-0.15, -0.1) is 11.3 Å². The molecule has 6 nitrogen and oxygen atoms in total. The number of thiophene rings is 1. The van der Waals surface area contributed by atoms with E-state index in [0.717, 1.165) is 76.0 Å². The molecule has 1 atom stereocenters. The molecule has 2 fully saturated rings. The molecule has 2 N–H and O–H groups in total. The molecular formula is C27H35N5OS. The molecule has 3 aromatic rings. The smallest absolute Gasteiger partial charge is 0.252 e. The van der Waals surface area contributed by atoms with E-state index in [1.165, 1.54) is 19.5 Å². The number of aromatic nitrogens is 2. The van der Waals surface area contributed by atoms with Gasteiger partial charge in [0.15, 0.2) is 0 Å². The lowest BCUT2D eigenvalue weighted by Gasteiger charge is -2.17. The molecule has 0 spiro atoms. The first-order chi connectivity index (χ1) is 16.5. The second-order valence-corrected chi connectivity index (χ2v) is 11.3. The molecule has 2 aliphatic rings. The number of anilines is 1. The average Bonchev–Trinajstić information content (AvgIpc) is 3.32. The Morgan fingerprint density at radius 2 is 2.12 bits per heavy atom. The maximum Gasteiger partial charge on any atom is 0.252 e. The molecule has 1 aliphatic carbocycles. The number of nitrogens with zero attached hydrogens (tertiary/aromatic N) is 3. The minimum Gasteiger partial charge on any atom is -0.354 e. The first kappa shape index (κ1) is 23.2. The van der Waals surface area contributed by atoms with Gasteiger partial charge in [0.1, 0.15) is 0 Å². The Hall–Kier alpha value is -2.51. The monoisotopic (exact) mass is 477 g/mol. The van der Waals surface area contributed by atoms with Crippen LogP contribution < -0.4 is 10.6 Å². The van der Waals surface area contributed by atoms with E-state index in [9.17, 15) is 4.79 Å². The van der Waals surface area contributed by atoms with Crippen LogP contribution in [0.5, 0.6) is 0 Å². The lowest BCUT2D eigenvalue weighted by Crippen LogP contribution is -2.25. The quantitative estimate of drug-likeness (QED) is 0.407. The van der Waals surface area contributed by atoms with Crippen LogP contribution >= 0.6 is 11.3 Å². The fraction of sp³-hybridized carbons (Fsp3) is 0.519. The van der Waals surface area contributed by atoms with Gasteiger partial charge in [0, 0.05) is 41.0 Å². The third-order valence-electron chi connectivity index (χ3n) is 7.11. The number of likely N-dealkylation sites (tertiary alicyclic amines) is 1. The van der Waals surface area contributed by atoms with Crippen molar-refractivity contribution < 1.29 is 4.79 Å². The molecule has 1 aliphatic heterocycles. The summed E-state index contributed by atoms with van der Waals surface area (Å²) in [6, 6.07) is 8.42. The number of fused-ring (bicyclic) bond motifs is 1. The van der Waals surface area contributed by atoms with E-state index in [1.54, 1.807) is 11.3 Å². The summed E-state index contributed by atoms with van der Waals surface area (Å²) in [6.45, 7) is 11.2. The van der Waals surface area contributed by atoms with Gasteiger partial charge in [0.2, 0.25) is 5.95 Å². The number of hydrogen-bond donors (Lipinski definition) is 2. The highest BCUT2D eigenvalue weighted by atomic mass is 32.1. The zero-order valence-electron chi connectivity index (χ0n) is 20.4. The Bertz CT molecular complexity index is 1170. The maximum absolute atomic E-state index is 12.7. The number of hydrogen-bond acceptors (Lipinski definition) is 6. The number of aryl methyl sites for hydroxylation is 1. The summed E-state index contributed by atoms with van der Waals surface area (Å²) in [7, 11) is 0. The molecule has 180 valence electrons. The van der Waals surface area contributed by atoms with Crippen molar-refractivity contribution in [3.05, 3.63) is 41.6 Å². The highest BCUT2D eigenvalue weighted by Crippen LogP contribution is 2.36. The van der Waals surface area contributed by atoms with E-state index in [4.69, 9.17) is 4.98 Å². The molecule has 7 heteroatoms. The molecule has 1 unspecified atom stereocenters. The van der Waals surface area contributed by atoms with Crippen molar-refractivity contribution in [2.45, 2.75) is 52.5 Å². The number of rotatable bonds is 9. The first-order valence-electron chi connectivity index (χ1n) is 12.6. The first-order valence-corrected chi connectivity index (χ1v) is 13.4. The predicted octanol–water partition coefficient (Wildman–Crippen LogP) is 5.34. The zero-order chi connectivity index (χ0) is 23.7. The van der Waals surface area contributed by atoms with Gasteiger partial charge in [-0.05, 0) is 81.3 Å². The Labute approximate surface area is 206 Å². The molecule has 0 bridgehead atoms. The maximum atomic E-state index is 12.7. The number of nitrogens with one attached hydrogen (secondary N) is 2. The van der Waals surface area contributed by atoms with Gasteiger partial charge >= 0.3 is 0 Å². The summed E-state index contributed by atoms with van der Waals surface area (Å²) in [5.74, 6) is 2.32. The third kappa shape index (κ3) is 5.26. The van der Waals surface area contributed by atoms with Gasteiger partial charge in [0.05, 0.1) is 10.6 Å². The van der Waals surface area contributed by atoms with E-state index in [2.05, 4.69) is 46.5 Å². The van der Waals surface area contributed by atoms with Gasteiger partial charge in [-0.3, -0.25) is 4.79 Å². The molecule has 34 heavy (non-hydrogen) atoms. The molecule has 2 aromatic heterocycles. The van der Waals surface area contributed by atoms with E-state index < -0.39 is 0 Å². The molecular weight excluding hydrogens is 442 g/mol. The largest absolute Gasteiger partial charge is 0.354 e. The molecule has 3 heterocycles. The predicted molar refractivity (Wildman–Crippen MR) is 141 cm³/mol. The minimum atomic E-state index is 0.0249. The van der Waals surface area contributed by atoms with Crippen LogP contribution in [0.1, 0.15) is 55.5 Å². The van der Waals surface area contributed by atoms with Gasteiger partial charge in [-0.25, -0.2) is 9.97 Å². The SMILES string of the molecule is Cc1cnc(NCCCN2CCC(C(C)C)C2)nc1-c1cc2c(C(=O)NC3CC3)cccc2s1. The fourth-order valence-corrected chi connectivity index (χ4v) is 5.90. The van der Waals surface area contributed by atoms with Crippen LogP contribution in [0.15, 0.2) is 30.5 Å². The number of carbonyl (C=O) groups excluding carboxylic acids is 1. The van der Waals surface area contributed by atoms with Crippen molar-refractivity contribution in [1.29, 1.82) is 0 Å². The molecule has 0 radical (unpaired) electrons. The highest BCUT2D eigenvalue weighted by Gasteiger charge is 2.25. The number of amides is 1. The van der Waals surface area contributed by atoms with Crippen molar-refractivity contribution >= 4 is 33.3 Å². The summed E-state index contributed by atoms with van der Waals surface area (Å²) in [5, 5.41) is 7.54. The average molecular weight is 478 g/mol. The summed E-state index contributed by atoms with van der Waals surface area (Å²) in [5.41, 5.74) is 2.73. The van der Waals surface area contributed by atoms with Crippen LogP contribution in [0.2, 0.25) is 0 Å². The van der Waals surface area contributed by atoms with Crippen molar-refractivity contribution in [1.82, 2.24) is 20.2 Å². The van der Waals surface area contributed by atoms with E-state index >= 15 is 0 Å². The van der Waals surface area contributed by atoms with Crippen LogP contribution in [0, 0.1) is 18.8 Å². The molecule has 5 rings (SSSR count). The van der Waals surface area contributed by atoms with Crippen molar-refractivity contribution in [2.75, 3.05) is 31.5 Å². The van der Waals surface area contributed by atoms with E-state index in [1.807, 2.05) is 25.3 Å². The Kier molecular flexibility index (Phi) is 6.84. The van der Waals surface area contributed by atoms with Crippen LogP contribution in [0.25, 0.3) is 20.7 Å². The zero-order valence-corrected chi connectivity index (χ0v) is 21.3. The normalized spacial score (nSPS) is 18.6. The molecule has 1 aromatic carbocycles. The molecule has 1 saturated heterocycles. The lowest BCUT2D eigenvalue weighted by molar-refractivity contribution is 0.0953. The Morgan fingerprint density at radius 1 is 1.26 bits per heavy atom. The highest BCUT2D eigenvalue weighted by molar-refractivity contribution is 7.22. The van der Waals surface area contributed by atoms with Gasteiger partial charge in [-0.1, -0.05) is 19.9 Å². The van der Waals surface area contributed by atoms with Crippen molar-refractivity contribution in [2.24, 2.45) is 11.8 Å². The lowest BCUT2D eigenvalue weighted by atomic mass is 9.95. The molecule has 1 amide bonds. The Morgan fingerprint density at radius 3 is 2.88 bits per heavy atom. The van der Waals surface area contributed by atoms with E-state index in [-0.39, 0.29) is 5.91 Å². The Balaban J connectivity index is 1.25. The van der Waals surface area contributed by atoms with Gasteiger partial charge in [0.25, 0.3) is 5.91 Å². The third-order valence-corrected chi connectivity index (χ3v) is 8.22. The van der Waals surface area contributed by atoms with Gasteiger partial charge < -0.3 is 15.5 Å². The fourth-order valence-electron chi connectivity index (χ4n) is 4.76. The standard InChI is InChI=1S/C27H35N5OS/c1-17(2)19-10-13-32(16-19)12-5-11-28-27-29-15-18(3)25(31-27)24-14-22-21(6-4-7-23(22)34-24)26(33)30-20-8-9-20/h4,6-7,14-15,17,19-20H,5,8-13,16H2,1-3H3,(H,30,33)(H,28,29,31). The minimum absolute atomic E-state index is 0.0249. The van der Waals surface area contributed by atoms with Gasteiger partial charge in [-0.2, -0.15) is 0 Å². The van der Waals surface area contributed by atoms with Crippen LogP contribution in [-0.4, -0.2) is 53.0 Å². The second kappa shape index (κ2) is 10.0. The summed E-state index contributed by atoms with van der Waals surface area (Å²) in [4.78, 5) is 25.7. The second-order valence-electron chi connectivity index (χ2n) is 10.2.